The highest BCUT2D eigenvalue weighted by Crippen LogP contribution is 2.27. The van der Waals surface area contributed by atoms with Crippen molar-refractivity contribution in [3.05, 3.63) is 63.5 Å². The number of hydrogen-bond donors (Lipinski definition) is 0. The van der Waals surface area contributed by atoms with Crippen LogP contribution < -0.4 is 5.56 Å². The molecule has 1 aromatic carbocycles. The molecular weight excluding hydrogens is 390 g/mol. The first-order valence-electron chi connectivity index (χ1n) is 9.19. The lowest BCUT2D eigenvalue weighted by Crippen LogP contribution is -2.12. The van der Waals surface area contributed by atoms with Gasteiger partial charge in [0, 0.05) is 35.5 Å². The zero-order chi connectivity index (χ0) is 19.7. The summed E-state index contributed by atoms with van der Waals surface area (Å²) in [6.45, 7) is 7.23. The molecule has 0 radical (unpaired) electrons. The van der Waals surface area contributed by atoms with Gasteiger partial charge >= 0.3 is 0 Å². The predicted molar refractivity (Wildman–Crippen MR) is 114 cm³/mol. The first-order valence-corrected chi connectivity index (χ1v) is 11.1. The normalized spacial score (nSPS) is 11.6. The van der Waals surface area contributed by atoms with E-state index in [9.17, 15) is 4.79 Å². The van der Waals surface area contributed by atoms with Crippen LogP contribution in [0.4, 0.5) is 0 Å². The molecule has 28 heavy (non-hydrogen) atoms. The molecule has 0 saturated heterocycles. The zero-order valence-corrected chi connectivity index (χ0v) is 17.6. The van der Waals surface area contributed by atoms with Crippen LogP contribution in [0.15, 0.2) is 51.9 Å². The van der Waals surface area contributed by atoms with E-state index in [1.807, 2.05) is 5.38 Å². The molecule has 0 unspecified atom stereocenters. The number of nitrogens with zero attached hydrogens (tertiary/aromatic N) is 5. The monoisotopic (exact) mass is 411 g/mol. The molecule has 4 aromatic rings. The van der Waals surface area contributed by atoms with Gasteiger partial charge < -0.3 is 4.57 Å². The van der Waals surface area contributed by atoms with Crippen molar-refractivity contribution in [2.75, 3.05) is 0 Å². The Morgan fingerprint density at radius 1 is 1.18 bits per heavy atom. The zero-order valence-electron chi connectivity index (χ0n) is 16.0. The maximum atomic E-state index is 12.1. The molecule has 0 N–H and O–H groups in total. The number of aromatic nitrogens is 5. The number of fused-ring (bicyclic) bond motifs is 1. The summed E-state index contributed by atoms with van der Waals surface area (Å²) in [7, 11) is 0. The van der Waals surface area contributed by atoms with Gasteiger partial charge in [0.25, 0.3) is 5.56 Å². The molecule has 3 aromatic heterocycles. The summed E-state index contributed by atoms with van der Waals surface area (Å²) in [5.41, 5.74) is 3.07. The fourth-order valence-electron chi connectivity index (χ4n) is 3.01. The second-order valence-corrected chi connectivity index (χ2v) is 8.57. The van der Waals surface area contributed by atoms with Gasteiger partial charge in [-0.3, -0.25) is 9.20 Å². The highest BCUT2D eigenvalue weighted by Gasteiger charge is 2.14. The molecule has 0 aliphatic heterocycles. The number of rotatable bonds is 6. The number of hydrogen-bond acceptors (Lipinski definition) is 6. The second-order valence-electron chi connectivity index (χ2n) is 6.76. The van der Waals surface area contributed by atoms with Crippen LogP contribution in [0.3, 0.4) is 0 Å². The smallest absolute Gasteiger partial charge is 0.258 e. The number of benzene rings is 1. The maximum Gasteiger partial charge on any atom is 0.258 e. The molecular formula is C20H21N5OS2. The average Bonchev–Trinajstić information content (AvgIpc) is 3.33. The van der Waals surface area contributed by atoms with Gasteiger partial charge in [0.1, 0.15) is 0 Å². The summed E-state index contributed by atoms with van der Waals surface area (Å²) < 4.78 is 3.66. The highest BCUT2D eigenvalue weighted by atomic mass is 32.2. The van der Waals surface area contributed by atoms with E-state index in [2.05, 4.69) is 64.8 Å². The predicted octanol–water partition coefficient (Wildman–Crippen LogP) is 4.45. The Hall–Kier alpha value is -2.45. The average molecular weight is 412 g/mol. The molecule has 4 rings (SSSR count). The van der Waals surface area contributed by atoms with Gasteiger partial charge in [-0.1, -0.05) is 49.9 Å². The summed E-state index contributed by atoms with van der Waals surface area (Å²) >= 11 is 3.01. The molecule has 0 aliphatic rings. The Kier molecular flexibility index (Phi) is 5.32. The van der Waals surface area contributed by atoms with Crippen LogP contribution in [0.5, 0.6) is 0 Å². The summed E-state index contributed by atoms with van der Waals surface area (Å²) in [4.78, 5) is 17.4. The Morgan fingerprint density at radius 2 is 1.96 bits per heavy atom. The lowest BCUT2D eigenvalue weighted by Gasteiger charge is -2.09. The van der Waals surface area contributed by atoms with Crippen molar-refractivity contribution >= 4 is 28.1 Å². The van der Waals surface area contributed by atoms with Crippen LogP contribution in [-0.4, -0.2) is 24.1 Å². The highest BCUT2D eigenvalue weighted by molar-refractivity contribution is 7.98. The maximum absolute atomic E-state index is 12.1. The molecule has 0 spiro atoms. The van der Waals surface area contributed by atoms with E-state index in [0.29, 0.717) is 16.6 Å². The summed E-state index contributed by atoms with van der Waals surface area (Å²) in [6.07, 6.45) is 1.75. The van der Waals surface area contributed by atoms with Crippen LogP contribution in [-0.2, 0) is 12.3 Å². The van der Waals surface area contributed by atoms with Gasteiger partial charge in [0.15, 0.2) is 15.9 Å². The van der Waals surface area contributed by atoms with Crippen LogP contribution in [0.1, 0.15) is 37.9 Å². The van der Waals surface area contributed by atoms with Crippen molar-refractivity contribution in [3.8, 4) is 11.4 Å². The van der Waals surface area contributed by atoms with Gasteiger partial charge in [-0.15, -0.1) is 21.5 Å². The molecule has 0 atom stereocenters. The molecule has 0 bridgehead atoms. The SMILES string of the molecule is CCn1c(SCc2cc(=O)n3ccsc3n2)nnc1-c1ccc(C(C)C)cc1. The Labute approximate surface area is 171 Å². The van der Waals surface area contributed by atoms with Crippen LogP contribution in [0.2, 0.25) is 0 Å². The topological polar surface area (TPSA) is 65.1 Å². The van der Waals surface area contributed by atoms with Crippen LogP contribution in [0, 0.1) is 0 Å². The number of thiazole rings is 1. The Morgan fingerprint density at radius 3 is 2.68 bits per heavy atom. The fourth-order valence-corrected chi connectivity index (χ4v) is 4.64. The molecule has 0 amide bonds. The lowest BCUT2D eigenvalue weighted by molar-refractivity contribution is 0.687. The van der Waals surface area contributed by atoms with E-state index in [-0.39, 0.29) is 5.56 Å². The lowest BCUT2D eigenvalue weighted by atomic mass is 10.0. The van der Waals surface area contributed by atoms with Crippen LogP contribution in [0.25, 0.3) is 16.3 Å². The third-order valence-corrected chi connectivity index (χ3v) is 6.33. The molecule has 144 valence electrons. The first kappa shape index (κ1) is 18.9. The quantitative estimate of drug-likeness (QED) is 0.439. The summed E-state index contributed by atoms with van der Waals surface area (Å²) in [5.74, 6) is 1.94. The first-order chi connectivity index (χ1) is 13.6. The van der Waals surface area contributed by atoms with E-state index >= 15 is 0 Å². The third-order valence-electron chi connectivity index (χ3n) is 4.57. The van der Waals surface area contributed by atoms with Crippen molar-refractivity contribution in [2.45, 2.75) is 44.1 Å². The summed E-state index contributed by atoms with van der Waals surface area (Å²) in [5, 5.41) is 11.5. The summed E-state index contributed by atoms with van der Waals surface area (Å²) in [6, 6.07) is 10.1. The molecule has 0 saturated carbocycles. The minimum atomic E-state index is -0.0512. The standard InChI is InChI=1S/C20H21N5OS2/c1-4-24-18(15-7-5-14(6-8-15)13(2)3)22-23-20(24)28-12-16-11-17(26)25-9-10-27-19(25)21-16/h5-11,13H,4,12H2,1-3H3. The second kappa shape index (κ2) is 7.89. The van der Waals surface area contributed by atoms with Crippen molar-refractivity contribution in [3.63, 3.8) is 0 Å². The van der Waals surface area contributed by atoms with Crippen LogP contribution >= 0.6 is 23.1 Å². The number of thioether (sulfide) groups is 1. The van der Waals surface area contributed by atoms with E-state index in [0.717, 1.165) is 28.8 Å². The van der Waals surface area contributed by atoms with Crippen molar-refractivity contribution in [1.29, 1.82) is 0 Å². The molecule has 6 nitrogen and oxygen atoms in total. The molecule has 0 fully saturated rings. The Balaban J connectivity index is 1.57. The van der Waals surface area contributed by atoms with Gasteiger partial charge in [-0.2, -0.15) is 0 Å². The molecule has 3 heterocycles. The van der Waals surface area contributed by atoms with Gasteiger partial charge in [-0.05, 0) is 18.4 Å². The Bertz CT molecular complexity index is 1160. The van der Waals surface area contributed by atoms with Crippen molar-refractivity contribution < 1.29 is 0 Å². The van der Waals surface area contributed by atoms with Gasteiger partial charge in [0.05, 0.1) is 5.69 Å². The van der Waals surface area contributed by atoms with Crippen molar-refractivity contribution in [1.82, 2.24) is 24.1 Å². The van der Waals surface area contributed by atoms with Crippen molar-refractivity contribution in [2.24, 2.45) is 0 Å². The van der Waals surface area contributed by atoms with E-state index in [1.165, 1.54) is 16.9 Å². The minimum Gasteiger partial charge on any atom is -0.302 e. The minimum absolute atomic E-state index is 0.0512. The fraction of sp³-hybridized carbons (Fsp3) is 0.300. The molecule has 0 aliphatic carbocycles. The van der Waals surface area contributed by atoms with E-state index in [4.69, 9.17) is 0 Å². The largest absolute Gasteiger partial charge is 0.302 e. The van der Waals surface area contributed by atoms with Gasteiger partial charge in [-0.25, -0.2) is 4.98 Å². The van der Waals surface area contributed by atoms with E-state index in [1.54, 1.807) is 28.4 Å². The molecule has 8 heteroatoms. The third kappa shape index (κ3) is 3.62. The van der Waals surface area contributed by atoms with E-state index < -0.39 is 0 Å². The van der Waals surface area contributed by atoms with Gasteiger partial charge in [0.2, 0.25) is 0 Å².